The fourth-order valence-electron chi connectivity index (χ4n) is 4.76. The summed E-state index contributed by atoms with van der Waals surface area (Å²) in [6.45, 7) is 5.94. The molecule has 1 fully saturated rings. The molecule has 0 bridgehead atoms. The van der Waals surface area contributed by atoms with Gasteiger partial charge in [-0.2, -0.15) is 0 Å². The molecule has 0 aliphatic heterocycles. The molecule has 4 rings (SSSR count). The van der Waals surface area contributed by atoms with Crippen LogP contribution in [0.15, 0.2) is 61.2 Å². The Bertz CT molecular complexity index is 1020. The standard InChI is InChI=1S/C28H30F2/c1-3-19-5-11-22(12-6-19)23-13-8-21(9-14-23)10-16-25-18-24-15-7-20(4-2)17-26(24)28(30)27(25)29/h3,7-9,13-15,17-19,22H,1,4-6,10-12,16H2,2H3. The van der Waals surface area contributed by atoms with Crippen LogP contribution in [0.3, 0.4) is 0 Å². The fraction of sp³-hybridized carbons (Fsp3) is 0.357. The highest BCUT2D eigenvalue weighted by Gasteiger charge is 2.20. The summed E-state index contributed by atoms with van der Waals surface area (Å²) in [6, 6.07) is 16.2. The highest BCUT2D eigenvalue weighted by molar-refractivity contribution is 5.84. The minimum Gasteiger partial charge on any atom is -0.203 e. The van der Waals surface area contributed by atoms with Crippen molar-refractivity contribution in [2.75, 3.05) is 0 Å². The lowest BCUT2D eigenvalue weighted by Gasteiger charge is -2.27. The van der Waals surface area contributed by atoms with E-state index in [9.17, 15) is 8.78 Å². The van der Waals surface area contributed by atoms with Crippen LogP contribution in [0.5, 0.6) is 0 Å². The fourth-order valence-corrected chi connectivity index (χ4v) is 4.76. The number of allylic oxidation sites excluding steroid dienone is 1. The predicted octanol–water partition coefficient (Wildman–Crippen LogP) is 7.93. The number of fused-ring (bicyclic) bond motifs is 1. The van der Waals surface area contributed by atoms with Gasteiger partial charge in [-0.15, -0.1) is 6.58 Å². The monoisotopic (exact) mass is 404 g/mol. The van der Waals surface area contributed by atoms with Gasteiger partial charge in [0, 0.05) is 5.39 Å². The Morgan fingerprint density at radius 3 is 2.23 bits per heavy atom. The molecule has 0 nitrogen and oxygen atoms in total. The van der Waals surface area contributed by atoms with Crippen LogP contribution in [-0.2, 0) is 19.3 Å². The summed E-state index contributed by atoms with van der Waals surface area (Å²) in [4.78, 5) is 0. The lowest BCUT2D eigenvalue weighted by Crippen LogP contribution is -2.11. The smallest absolute Gasteiger partial charge is 0.166 e. The molecule has 1 saturated carbocycles. The van der Waals surface area contributed by atoms with Crippen LogP contribution in [0.1, 0.15) is 60.8 Å². The first-order valence-corrected chi connectivity index (χ1v) is 11.2. The van der Waals surface area contributed by atoms with Crippen molar-refractivity contribution in [2.24, 2.45) is 5.92 Å². The highest BCUT2D eigenvalue weighted by Crippen LogP contribution is 2.36. The normalized spacial score (nSPS) is 19.2. The Morgan fingerprint density at radius 1 is 0.867 bits per heavy atom. The number of benzene rings is 3. The third-order valence-electron chi connectivity index (χ3n) is 6.81. The molecule has 30 heavy (non-hydrogen) atoms. The molecule has 3 aromatic carbocycles. The van der Waals surface area contributed by atoms with Crippen molar-refractivity contribution in [3.8, 4) is 0 Å². The van der Waals surface area contributed by atoms with E-state index in [4.69, 9.17) is 0 Å². The molecule has 1 aliphatic carbocycles. The average Bonchev–Trinajstić information content (AvgIpc) is 2.80. The SMILES string of the molecule is C=CC1CCC(c2ccc(CCc3cc4ccc(CC)cc4c(F)c3F)cc2)CC1. The van der Waals surface area contributed by atoms with Crippen molar-refractivity contribution in [2.45, 2.75) is 57.8 Å². The highest BCUT2D eigenvalue weighted by atomic mass is 19.2. The van der Waals surface area contributed by atoms with E-state index in [2.05, 4.69) is 36.9 Å². The Morgan fingerprint density at radius 2 is 1.57 bits per heavy atom. The zero-order chi connectivity index (χ0) is 21.1. The molecule has 0 spiro atoms. The Kier molecular flexibility index (Phi) is 6.32. The molecular weight excluding hydrogens is 374 g/mol. The van der Waals surface area contributed by atoms with Crippen molar-refractivity contribution in [1.29, 1.82) is 0 Å². The van der Waals surface area contributed by atoms with Crippen molar-refractivity contribution < 1.29 is 8.78 Å². The molecule has 0 aromatic heterocycles. The van der Waals surface area contributed by atoms with E-state index in [1.807, 2.05) is 19.1 Å². The maximum atomic E-state index is 14.7. The van der Waals surface area contributed by atoms with Crippen molar-refractivity contribution in [1.82, 2.24) is 0 Å². The van der Waals surface area contributed by atoms with Crippen molar-refractivity contribution in [3.05, 3.63) is 95.1 Å². The molecule has 3 aromatic rings. The number of hydrogen-bond acceptors (Lipinski definition) is 0. The van der Waals surface area contributed by atoms with Crippen LogP contribution in [0.2, 0.25) is 0 Å². The van der Waals surface area contributed by atoms with Gasteiger partial charge in [-0.25, -0.2) is 8.78 Å². The van der Waals surface area contributed by atoms with Crippen LogP contribution in [0.4, 0.5) is 8.78 Å². The number of rotatable bonds is 6. The van der Waals surface area contributed by atoms with E-state index in [1.54, 1.807) is 12.1 Å². The Balaban J connectivity index is 1.45. The van der Waals surface area contributed by atoms with E-state index in [1.165, 1.54) is 36.8 Å². The molecule has 1 aliphatic rings. The van der Waals surface area contributed by atoms with E-state index in [0.29, 0.717) is 35.6 Å². The van der Waals surface area contributed by atoms with Gasteiger partial charge in [0.1, 0.15) is 0 Å². The maximum absolute atomic E-state index is 14.7. The minimum atomic E-state index is -0.719. The van der Waals surface area contributed by atoms with Gasteiger partial charge in [0.15, 0.2) is 11.6 Å². The van der Waals surface area contributed by atoms with Gasteiger partial charge < -0.3 is 0 Å². The van der Waals surface area contributed by atoms with Crippen LogP contribution in [0.25, 0.3) is 10.8 Å². The number of hydrogen-bond donors (Lipinski definition) is 0. The van der Waals surface area contributed by atoms with Crippen LogP contribution < -0.4 is 0 Å². The number of aryl methyl sites for hydroxylation is 3. The quantitative estimate of drug-likeness (QED) is 0.366. The molecule has 0 amide bonds. The van der Waals surface area contributed by atoms with E-state index >= 15 is 0 Å². The Labute approximate surface area is 178 Å². The molecule has 0 saturated heterocycles. The molecule has 0 atom stereocenters. The molecule has 0 N–H and O–H groups in total. The van der Waals surface area contributed by atoms with E-state index < -0.39 is 11.6 Å². The second kappa shape index (κ2) is 9.12. The van der Waals surface area contributed by atoms with Crippen LogP contribution >= 0.6 is 0 Å². The van der Waals surface area contributed by atoms with Crippen molar-refractivity contribution >= 4 is 10.8 Å². The van der Waals surface area contributed by atoms with Crippen molar-refractivity contribution in [3.63, 3.8) is 0 Å². The second-order valence-electron chi connectivity index (χ2n) is 8.66. The lowest BCUT2D eigenvalue weighted by atomic mass is 9.78. The average molecular weight is 405 g/mol. The van der Waals surface area contributed by atoms with Gasteiger partial charge in [-0.3, -0.25) is 0 Å². The topological polar surface area (TPSA) is 0 Å². The first-order chi connectivity index (χ1) is 14.6. The van der Waals surface area contributed by atoms with Gasteiger partial charge in [-0.05, 0) is 96.6 Å². The molecule has 2 heteroatoms. The van der Waals surface area contributed by atoms with E-state index in [-0.39, 0.29) is 0 Å². The minimum absolute atomic E-state index is 0.381. The molecule has 0 radical (unpaired) electrons. The molecular formula is C28H30F2. The third-order valence-corrected chi connectivity index (χ3v) is 6.81. The predicted molar refractivity (Wildman–Crippen MR) is 122 cm³/mol. The lowest BCUT2D eigenvalue weighted by molar-refractivity contribution is 0.376. The second-order valence-corrected chi connectivity index (χ2v) is 8.66. The zero-order valence-corrected chi connectivity index (χ0v) is 17.8. The van der Waals surface area contributed by atoms with Crippen LogP contribution in [-0.4, -0.2) is 0 Å². The third kappa shape index (κ3) is 4.33. The first kappa shape index (κ1) is 20.8. The summed E-state index contributed by atoms with van der Waals surface area (Å²) in [7, 11) is 0. The van der Waals surface area contributed by atoms with E-state index in [0.717, 1.165) is 17.4 Å². The van der Waals surface area contributed by atoms with Gasteiger partial charge in [0.2, 0.25) is 0 Å². The van der Waals surface area contributed by atoms with Crippen LogP contribution in [0, 0.1) is 17.6 Å². The first-order valence-electron chi connectivity index (χ1n) is 11.2. The zero-order valence-electron chi connectivity index (χ0n) is 17.8. The largest absolute Gasteiger partial charge is 0.203 e. The molecule has 0 unspecified atom stereocenters. The van der Waals surface area contributed by atoms with Gasteiger partial charge >= 0.3 is 0 Å². The number of halogens is 2. The summed E-state index contributed by atoms with van der Waals surface area (Å²) < 4.78 is 29.3. The summed E-state index contributed by atoms with van der Waals surface area (Å²) in [5, 5.41) is 1.15. The summed E-state index contributed by atoms with van der Waals surface area (Å²) >= 11 is 0. The Hall–Kier alpha value is -2.48. The molecule has 0 heterocycles. The summed E-state index contributed by atoms with van der Waals surface area (Å²) in [5.41, 5.74) is 4.04. The summed E-state index contributed by atoms with van der Waals surface area (Å²) in [5.74, 6) is -0.115. The van der Waals surface area contributed by atoms with Gasteiger partial charge in [0.25, 0.3) is 0 Å². The van der Waals surface area contributed by atoms with Gasteiger partial charge in [-0.1, -0.05) is 49.4 Å². The van der Waals surface area contributed by atoms with Gasteiger partial charge in [0.05, 0.1) is 0 Å². The summed E-state index contributed by atoms with van der Waals surface area (Å²) in [6.07, 6.45) is 9.00. The maximum Gasteiger partial charge on any atom is 0.166 e. The molecule has 156 valence electrons.